The molecule has 5 heterocycles. The van der Waals surface area contributed by atoms with Crippen LogP contribution in [0.25, 0.3) is 27.4 Å². The molecule has 0 bridgehead atoms. The molecular formula is C33H28FN5O4. The van der Waals surface area contributed by atoms with E-state index in [2.05, 4.69) is 9.88 Å². The van der Waals surface area contributed by atoms with Crippen molar-refractivity contribution in [1.82, 2.24) is 14.5 Å². The van der Waals surface area contributed by atoms with Gasteiger partial charge in [0.15, 0.2) is 17.3 Å². The Kier molecular flexibility index (Phi) is 6.04. The largest absolute Gasteiger partial charge is 0.451 e. The number of rotatable bonds is 3. The van der Waals surface area contributed by atoms with Gasteiger partial charge in [0.2, 0.25) is 5.43 Å². The summed E-state index contributed by atoms with van der Waals surface area (Å²) in [5.74, 6) is 0.749. The van der Waals surface area contributed by atoms with Crippen LogP contribution in [0.15, 0.2) is 77.9 Å². The second kappa shape index (κ2) is 10.1. The standard InChI is InChI=1S/C33H28FN5O4/c34-25-19-23-29-32(30(25)37-11-9-36(10-12-37)28-7-3-4-8-35-28)43-27-18-22-6-2-1-5-21(22)17-26(27)39(29)20-24(31(23)40)33(41)38-13-15-42-16-14-38/h1-8,17-20H,9-16H2. The lowest BCUT2D eigenvalue weighted by molar-refractivity contribution is 0.0302. The quantitative estimate of drug-likeness (QED) is 0.305. The summed E-state index contributed by atoms with van der Waals surface area (Å²) in [6.45, 7) is 3.98. The molecule has 0 atom stereocenters. The third kappa shape index (κ3) is 4.20. The monoisotopic (exact) mass is 577 g/mol. The van der Waals surface area contributed by atoms with Crippen LogP contribution in [0.2, 0.25) is 0 Å². The number of benzene rings is 3. The molecule has 0 N–H and O–H groups in total. The van der Waals surface area contributed by atoms with Crippen molar-refractivity contribution in [2.45, 2.75) is 0 Å². The van der Waals surface area contributed by atoms with Crippen LogP contribution in [0, 0.1) is 5.82 Å². The number of hydrogen-bond acceptors (Lipinski definition) is 7. The lowest BCUT2D eigenvalue weighted by atomic mass is 10.0. The van der Waals surface area contributed by atoms with Gasteiger partial charge in [0.1, 0.15) is 22.6 Å². The summed E-state index contributed by atoms with van der Waals surface area (Å²) in [7, 11) is 0. The molecule has 216 valence electrons. The number of ether oxygens (including phenoxy) is 2. The topological polar surface area (TPSA) is 80.1 Å². The summed E-state index contributed by atoms with van der Waals surface area (Å²) in [5.41, 5.74) is 0.937. The number of piperazine rings is 1. The zero-order valence-corrected chi connectivity index (χ0v) is 23.3. The van der Waals surface area contributed by atoms with Crippen molar-refractivity contribution in [3.63, 3.8) is 0 Å². The summed E-state index contributed by atoms with van der Waals surface area (Å²) in [6, 6.07) is 18.9. The molecule has 5 aromatic rings. The summed E-state index contributed by atoms with van der Waals surface area (Å²) in [5, 5.41) is 2.06. The Hall–Kier alpha value is -4.96. The minimum atomic E-state index is -0.558. The normalized spacial score (nSPS) is 16.3. The molecule has 2 fully saturated rings. The highest BCUT2D eigenvalue weighted by atomic mass is 19.1. The first kappa shape index (κ1) is 25.7. The maximum atomic E-state index is 16.2. The number of aromatic nitrogens is 2. The van der Waals surface area contributed by atoms with Crippen molar-refractivity contribution in [3.05, 3.63) is 94.7 Å². The Morgan fingerprint density at radius 3 is 2.33 bits per heavy atom. The van der Waals surface area contributed by atoms with E-state index in [9.17, 15) is 9.59 Å². The van der Waals surface area contributed by atoms with Crippen molar-refractivity contribution in [2.75, 3.05) is 62.3 Å². The highest BCUT2D eigenvalue weighted by Gasteiger charge is 2.33. The van der Waals surface area contributed by atoms with Gasteiger partial charge in [0, 0.05) is 51.7 Å². The van der Waals surface area contributed by atoms with Gasteiger partial charge in [-0.1, -0.05) is 30.3 Å². The first-order chi connectivity index (χ1) is 21.1. The Bertz CT molecular complexity index is 1960. The number of anilines is 2. The Morgan fingerprint density at radius 1 is 0.860 bits per heavy atom. The average Bonchev–Trinajstić information content (AvgIpc) is 3.05. The van der Waals surface area contributed by atoms with E-state index >= 15 is 4.39 Å². The lowest BCUT2D eigenvalue weighted by Gasteiger charge is -2.38. The van der Waals surface area contributed by atoms with E-state index in [4.69, 9.17) is 9.47 Å². The number of pyridine rings is 2. The van der Waals surface area contributed by atoms with Gasteiger partial charge < -0.3 is 28.7 Å². The predicted molar refractivity (Wildman–Crippen MR) is 162 cm³/mol. The van der Waals surface area contributed by atoms with Gasteiger partial charge >= 0.3 is 0 Å². The zero-order chi connectivity index (χ0) is 29.1. The van der Waals surface area contributed by atoms with Crippen LogP contribution in [0.3, 0.4) is 0 Å². The number of fused-ring (bicyclic) bond motifs is 3. The molecule has 0 unspecified atom stereocenters. The van der Waals surface area contributed by atoms with Crippen LogP contribution in [-0.4, -0.2) is 72.8 Å². The molecule has 9 nitrogen and oxygen atoms in total. The second-order valence-corrected chi connectivity index (χ2v) is 11.0. The first-order valence-electron chi connectivity index (χ1n) is 14.5. The molecule has 0 radical (unpaired) electrons. The van der Waals surface area contributed by atoms with Gasteiger partial charge in [-0.3, -0.25) is 9.59 Å². The van der Waals surface area contributed by atoms with Gasteiger partial charge in [-0.2, -0.15) is 0 Å². The fourth-order valence-electron chi connectivity index (χ4n) is 6.37. The van der Waals surface area contributed by atoms with E-state index in [0.29, 0.717) is 75.1 Å². The molecule has 3 aliphatic rings. The summed E-state index contributed by atoms with van der Waals surface area (Å²) in [4.78, 5) is 37.7. The second-order valence-electron chi connectivity index (χ2n) is 11.0. The number of nitrogens with zero attached hydrogens (tertiary/aromatic N) is 5. The SMILES string of the molecule is O=C(c1cn2c3c(c(N4CCN(c5ccccn5)CC4)c(F)cc3c1=O)Oc1cc3ccccc3cc1-2)N1CCOCC1. The number of halogens is 1. The molecule has 2 saturated heterocycles. The average molecular weight is 578 g/mol. The number of carbonyl (C=O) groups is 1. The van der Waals surface area contributed by atoms with Crippen molar-refractivity contribution in [3.8, 4) is 17.2 Å². The van der Waals surface area contributed by atoms with E-state index in [1.165, 1.54) is 6.07 Å². The maximum absolute atomic E-state index is 16.2. The van der Waals surface area contributed by atoms with E-state index in [1.54, 1.807) is 17.3 Å². The lowest BCUT2D eigenvalue weighted by Crippen LogP contribution is -2.47. The van der Waals surface area contributed by atoms with E-state index in [1.807, 2.05) is 64.1 Å². The van der Waals surface area contributed by atoms with Crippen LogP contribution < -0.4 is 20.0 Å². The number of carbonyl (C=O) groups excluding carboxylic acids is 1. The van der Waals surface area contributed by atoms with Crippen LogP contribution in [-0.2, 0) is 4.74 Å². The van der Waals surface area contributed by atoms with Gasteiger partial charge in [-0.05, 0) is 41.1 Å². The first-order valence-corrected chi connectivity index (χ1v) is 14.5. The van der Waals surface area contributed by atoms with Gasteiger partial charge in [-0.25, -0.2) is 9.37 Å². The molecule has 3 aliphatic heterocycles. The predicted octanol–water partition coefficient (Wildman–Crippen LogP) is 4.58. The molecular weight excluding hydrogens is 549 g/mol. The Balaban J connectivity index is 1.30. The fourth-order valence-corrected chi connectivity index (χ4v) is 6.37. The zero-order valence-electron chi connectivity index (χ0n) is 23.3. The number of hydrogen-bond donors (Lipinski definition) is 0. The molecule has 10 heteroatoms. The van der Waals surface area contributed by atoms with E-state index < -0.39 is 11.2 Å². The van der Waals surface area contributed by atoms with Crippen molar-refractivity contribution < 1.29 is 18.7 Å². The molecule has 8 rings (SSSR count). The fraction of sp³-hybridized carbons (Fsp3) is 0.242. The summed E-state index contributed by atoms with van der Waals surface area (Å²) < 4.78 is 30.0. The van der Waals surface area contributed by atoms with Crippen LogP contribution in [0.4, 0.5) is 15.9 Å². The van der Waals surface area contributed by atoms with Gasteiger partial charge in [0.05, 0.1) is 24.3 Å². The highest BCUT2D eigenvalue weighted by molar-refractivity contribution is 6.02. The Labute approximate surface area is 246 Å². The van der Waals surface area contributed by atoms with E-state index in [-0.39, 0.29) is 22.6 Å². The smallest absolute Gasteiger partial charge is 0.259 e. The third-order valence-electron chi connectivity index (χ3n) is 8.57. The molecule has 0 saturated carbocycles. The summed E-state index contributed by atoms with van der Waals surface area (Å²) in [6.07, 6.45) is 3.36. The molecule has 0 aliphatic carbocycles. The molecule has 2 aromatic heterocycles. The van der Waals surface area contributed by atoms with Crippen LogP contribution >= 0.6 is 0 Å². The Morgan fingerprint density at radius 2 is 1.58 bits per heavy atom. The molecule has 0 spiro atoms. The van der Waals surface area contributed by atoms with Crippen LogP contribution in [0.1, 0.15) is 10.4 Å². The van der Waals surface area contributed by atoms with Crippen molar-refractivity contribution in [1.29, 1.82) is 0 Å². The van der Waals surface area contributed by atoms with Crippen molar-refractivity contribution in [2.24, 2.45) is 0 Å². The highest BCUT2D eigenvalue weighted by Crippen LogP contribution is 2.47. The van der Waals surface area contributed by atoms with Gasteiger partial charge in [-0.15, -0.1) is 0 Å². The van der Waals surface area contributed by atoms with Crippen LogP contribution in [0.5, 0.6) is 11.5 Å². The molecule has 43 heavy (non-hydrogen) atoms. The third-order valence-corrected chi connectivity index (χ3v) is 8.57. The molecule has 3 aromatic carbocycles. The minimum Gasteiger partial charge on any atom is -0.451 e. The van der Waals surface area contributed by atoms with Gasteiger partial charge in [0.25, 0.3) is 5.91 Å². The molecule has 1 amide bonds. The summed E-state index contributed by atoms with van der Waals surface area (Å²) >= 11 is 0. The number of amides is 1. The van der Waals surface area contributed by atoms with Crippen molar-refractivity contribution >= 4 is 39.1 Å². The van der Waals surface area contributed by atoms with E-state index in [0.717, 1.165) is 16.6 Å². The minimum absolute atomic E-state index is 0.00233. The maximum Gasteiger partial charge on any atom is 0.259 e. The number of morpholine rings is 1.